The summed E-state index contributed by atoms with van der Waals surface area (Å²) in [5.41, 5.74) is 1.31. The van der Waals surface area contributed by atoms with E-state index in [1.807, 2.05) is 0 Å². The highest BCUT2D eigenvalue weighted by molar-refractivity contribution is 6.30. The molecular formula is C21H20ClNO6. The predicted octanol–water partition coefficient (Wildman–Crippen LogP) is 3.66. The van der Waals surface area contributed by atoms with Crippen molar-refractivity contribution in [2.75, 3.05) is 19.0 Å². The van der Waals surface area contributed by atoms with Crippen molar-refractivity contribution in [3.05, 3.63) is 64.7 Å². The van der Waals surface area contributed by atoms with Crippen molar-refractivity contribution in [2.24, 2.45) is 0 Å². The highest BCUT2D eigenvalue weighted by atomic mass is 35.5. The topological polar surface area (TPSA) is 98.8 Å². The molecule has 0 aliphatic carbocycles. The number of anilines is 1. The summed E-state index contributed by atoms with van der Waals surface area (Å²) in [6.07, 6.45) is 0.404. The number of carbonyl (C=O) groups excluding carboxylic acids is 4. The Hall–Kier alpha value is -3.19. The van der Waals surface area contributed by atoms with Crippen LogP contribution in [0.2, 0.25) is 5.02 Å². The SMILES string of the molecule is COC(=O)c1ccc(NC(=O)CCCC(=O)OCC(=O)c2ccc(Cl)cc2)cc1. The Morgan fingerprint density at radius 3 is 2.14 bits per heavy atom. The Morgan fingerprint density at radius 1 is 0.897 bits per heavy atom. The van der Waals surface area contributed by atoms with E-state index in [2.05, 4.69) is 10.1 Å². The van der Waals surface area contributed by atoms with Gasteiger partial charge in [0.1, 0.15) is 0 Å². The highest BCUT2D eigenvalue weighted by Crippen LogP contribution is 2.12. The lowest BCUT2D eigenvalue weighted by atomic mass is 10.1. The van der Waals surface area contributed by atoms with Gasteiger partial charge in [0.05, 0.1) is 12.7 Å². The normalized spacial score (nSPS) is 10.1. The zero-order chi connectivity index (χ0) is 21.2. The molecule has 0 radical (unpaired) electrons. The summed E-state index contributed by atoms with van der Waals surface area (Å²) in [5.74, 6) is -1.62. The van der Waals surface area contributed by atoms with Crippen molar-refractivity contribution in [1.82, 2.24) is 0 Å². The van der Waals surface area contributed by atoms with Crippen LogP contribution in [0, 0.1) is 0 Å². The smallest absolute Gasteiger partial charge is 0.337 e. The van der Waals surface area contributed by atoms with Crippen LogP contribution in [-0.4, -0.2) is 37.3 Å². The van der Waals surface area contributed by atoms with Gasteiger partial charge >= 0.3 is 11.9 Å². The average Bonchev–Trinajstić information content (AvgIpc) is 2.72. The van der Waals surface area contributed by atoms with Gasteiger partial charge in [-0.3, -0.25) is 14.4 Å². The van der Waals surface area contributed by atoms with Crippen molar-refractivity contribution >= 4 is 40.9 Å². The molecule has 1 N–H and O–H groups in total. The van der Waals surface area contributed by atoms with E-state index in [-0.39, 0.29) is 37.6 Å². The van der Waals surface area contributed by atoms with Crippen LogP contribution in [0.5, 0.6) is 0 Å². The molecule has 0 unspecified atom stereocenters. The van der Waals surface area contributed by atoms with Crippen LogP contribution in [-0.2, 0) is 19.1 Å². The van der Waals surface area contributed by atoms with Gasteiger partial charge in [-0.25, -0.2) is 4.79 Å². The molecule has 0 aromatic heterocycles. The van der Waals surface area contributed by atoms with E-state index in [0.29, 0.717) is 21.8 Å². The molecule has 0 aliphatic heterocycles. The number of halogens is 1. The van der Waals surface area contributed by atoms with Crippen LogP contribution in [0.4, 0.5) is 5.69 Å². The third kappa shape index (κ3) is 7.38. The minimum absolute atomic E-state index is 0.0165. The molecule has 29 heavy (non-hydrogen) atoms. The van der Waals surface area contributed by atoms with Gasteiger partial charge in [0.2, 0.25) is 5.91 Å². The molecule has 0 fully saturated rings. The average molecular weight is 418 g/mol. The first kappa shape index (κ1) is 22.1. The van der Waals surface area contributed by atoms with Crippen LogP contribution in [0.3, 0.4) is 0 Å². The molecule has 2 aromatic carbocycles. The fourth-order valence-electron chi connectivity index (χ4n) is 2.36. The number of benzene rings is 2. The van der Waals surface area contributed by atoms with Crippen LogP contribution in [0.15, 0.2) is 48.5 Å². The molecule has 0 spiro atoms. The Balaban J connectivity index is 1.67. The predicted molar refractivity (Wildman–Crippen MR) is 107 cm³/mol. The zero-order valence-corrected chi connectivity index (χ0v) is 16.5. The number of ether oxygens (including phenoxy) is 2. The van der Waals surface area contributed by atoms with E-state index in [9.17, 15) is 19.2 Å². The Bertz CT molecular complexity index is 877. The molecule has 0 saturated heterocycles. The summed E-state index contributed by atoms with van der Waals surface area (Å²) in [7, 11) is 1.29. The van der Waals surface area contributed by atoms with E-state index < -0.39 is 11.9 Å². The maximum absolute atomic E-state index is 11.9. The number of methoxy groups -OCH3 is 1. The molecule has 2 rings (SSSR count). The molecule has 152 valence electrons. The van der Waals surface area contributed by atoms with Crippen molar-refractivity contribution in [1.29, 1.82) is 0 Å². The van der Waals surface area contributed by atoms with Crippen LogP contribution >= 0.6 is 11.6 Å². The number of amides is 1. The van der Waals surface area contributed by atoms with Crippen molar-refractivity contribution in [2.45, 2.75) is 19.3 Å². The number of ketones is 1. The van der Waals surface area contributed by atoms with Gasteiger partial charge in [-0.05, 0) is 55.0 Å². The lowest BCUT2D eigenvalue weighted by Gasteiger charge is -2.07. The third-order valence-corrected chi connectivity index (χ3v) is 4.16. The van der Waals surface area contributed by atoms with Crippen molar-refractivity contribution in [3.8, 4) is 0 Å². The number of carbonyl (C=O) groups is 4. The third-order valence-electron chi connectivity index (χ3n) is 3.90. The first-order valence-corrected chi connectivity index (χ1v) is 9.19. The van der Waals surface area contributed by atoms with E-state index in [1.54, 1.807) is 36.4 Å². The van der Waals surface area contributed by atoms with Gasteiger partial charge in [0.25, 0.3) is 0 Å². The van der Waals surface area contributed by atoms with E-state index >= 15 is 0 Å². The number of nitrogens with one attached hydrogen (secondary N) is 1. The fourth-order valence-corrected chi connectivity index (χ4v) is 2.49. The monoisotopic (exact) mass is 417 g/mol. The van der Waals surface area contributed by atoms with E-state index in [1.165, 1.54) is 19.2 Å². The largest absolute Gasteiger partial charge is 0.465 e. The Labute approximate surface area is 172 Å². The van der Waals surface area contributed by atoms with Gasteiger partial charge in [-0.2, -0.15) is 0 Å². The summed E-state index contributed by atoms with van der Waals surface area (Å²) < 4.78 is 9.54. The number of Topliss-reactive ketones (excluding diaryl/α,β-unsaturated/α-hetero) is 1. The van der Waals surface area contributed by atoms with Gasteiger partial charge in [0, 0.05) is 29.1 Å². The van der Waals surface area contributed by atoms with Gasteiger partial charge in [-0.1, -0.05) is 11.6 Å². The van der Waals surface area contributed by atoms with Crippen molar-refractivity contribution < 1.29 is 28.7 Å². The van der Waals surface area contributed by atoms with E-state index in [0.717, 1.165) is 0 Å². The number of esters is 2. The van der Waals surface area contributed by atoms with Crippen LogP contribution in [0.1, 0.15) is 40.0 Å². The molecule has 2 aromatic rings. The van der Waals surface area contributed by atoms with Crippen LogP contribution in [0.25, 0.3) is 0 Å². The Morgan fingerprint density at radius 2 is 1.52 bits per heavy atom. The summed E-state index contributed by atoms with van der Waals surface area (Å²) in [4.78, 5) is 46.9. The molecule has 8 heteroatoms. The lowest BCUT2D eigenvalue weighted by molar-refractivity contribution is -0.142. The second-order valence-electron chi connectivity index (χ2n) is 6.06. The standard InChI is InChI=1S/C21H20ClNO6/c1-28-21(27)15-7-11-17(12-8-15)23-19(25)3-2-4-20(26)29-13-18(24)14-5-9-16(22)10-6-14/h5-12H,2-4,13H2,1H3,(H,23,25). The number of hydrogen-bond acceptors (Lipinski definition) is 6. The lowest BCUT2D eigenvalue weighted by Crippen LogP contribution is -2.15. The van der Waals surface area contributed by atoms with Crippen LogP contribution < -0.4 is 5.32 Å². The zero-order valence-electron chi connectivity index (χ0n) is 15.8. The highest BCUT2D eigenvalue weighted by Gasteiger charge is 2.11. The fraction of sp³-hybridized carbons (Fsp3) is 0.238. The first-order chi connectivity index (χ1) is 13.9. The summed E-state index contributed by atoms with van der Waals surface area (Å²) in [6.45, 7) is -0.362. The number of hydrogen-bond donors (Lipinski definition) is 1. The second kappa shape index (κ2) is 11.0. The van der Waals surface area contributed by atoms with Gasteiger partial charge < -0.3 is 14.8 Å². The second-order valence-corrected chi connectivity index (χ2v) is 6.50. The molecule has 0 heterocycles. The number of rotatable bonds is 9. The molecule has 0 saturated carbocycles. The first-order valence-electron chi connectivity index (χ1n) is 8.81. The maximum atomic E-state index is 11.9. The minimum Gasteiger partial charge on any atom is -0.465 e. The van der Waals surface area contributed by atoms with Gasteiger partial charge in [-0.15, -0.1) is 0 Å². The molecule has 0 bridgehead atoms. The molecule has 1 amide bonds. The van der Waals surface area contributed by atoms with Gasteiger partial charge in [0.15, 0.2) is 12.4 Å². The summed E-state index contributed by atoms with van der Waals surface area (Å²) in [5, 5.41) is 3.18. The molecular weight excluding hydrogens is 398 g/mol. The molecule has 0 aliphatic rings. The summed E-state index contributed by atoms with van der Waals surface area (Å²) >= 11 is 5.76. The Kier molecular flexibility index (Phi) is 8.36. The maximum Gasteiger partial charge on any atom is 0.337 e. The van der Waals surface area contributed by atoms with E-state index in [4.69, 9.17) is 16.3 Å². The minimum atomic E-state index is -0.553. The molecule has 0 atom stereocenters. The quantitative estimate of drug-likeness (QED) is 0.493. The molecule has 7 nitrogen and oxygen atoms in total. The van der Waals surface area contributed by atoms with Crippen molar-refractivity contribution in [3.63, 3.8) is 0 Å². The summed E-state index contributed by atoms with van der Waals surface area (Å²) in [6, 6.07) is 12.5.